The fourth-order valence-electron chi connectivity index (χ4n) is 2.66. The summed E-state index contributed by atoms with van der Waals surface area (Å²) in [7, 11) is -3.37. The molecule has 0 unspecified atom stereocenters. The highest BCUT2D eigenvalue weighted by Crippen LogP contribution is 2.26. The van der Waals surface area contributed by atoms with Crippen molar-refractivity contribution >= 4 is 43.4 Å². The van der Waals surface area contributed by atoms with Crippen LogP contribution in [0.4, 0.5) is 4.79 Å². The highest BCUT2D eigenvalue weighted by atomic mass is 79.9. The molecule has 24 heavy (non-hydrogen) atoms. The van der Waals surface area contributed by atoms with Crippen LogP contribution in [-0.2, 0) is 21.2 Å². The lowest BCUT2D eigenvalue weighted by Gasteiger charge is -2.30. The SMILES string of the molecule is CC(C)(C)OC(=O)N1CC[C@@H](NS(C)(=O)=O)[C@H]1Cc1csc(Br)n1. The van der Waals surface area contributed by atoms with Crippen LogP contribution in [0.2, 0.25) is 0 Å². The molecule has 2 heterocycles. The Balaban J connectivity index is 2.20. The van der Waals surface area contributed by atoms with Crippen molar-refractivity contribution in [1.29, 1.82) is 0 Å². The maximum Gasteiger partial charge on any atom is 0.410 e. The van der Waals surface area contributed by atoms with Crippen molar-refractivity contribution in [3.8, 4) is 0 Å². The standard InChI is InChI=1S/C14H22BrN3O4S2/c1-14(2,3)22-13(19)18-6-5-10(17-24(4,20)21)11(18)7-9-8-23-12(15)16-9/h8,10-11,17H,5-7H2,1-4H3/t10-,11-/m1/s1. The van der Waals surface area contributed by atoms with Crippen LogP contribution in [0.5, 0.6) is 0 Å². The number of carbonyl (C=O) groups excluding carboxylic acids is 1. The van der Waals surface area contributed by atoms with Gasteiger partial charge in [0.2, 0.25) is 10.0 Å². The van der Waals surface area contributed by atoms with Crippen molar-refractivity contribution in [1.82, 2.24) is 14.6 Å². The van der Waals surface area contributed by atoms with Crippen LogP contribution < -0.4 is 4.72 Å². The first-order chi connectivity index (χ1) is 10.9. The van der Waals surface area contributed by atoms with Crippen molar-refractivity contribution < 1.29 is 17.9 Å². The van der Waals surface area contributed by atoms with Gasteiger partial charge in [0.25, 0.3) is 0 Å². The topological polar surface area (TPSA) is 88.6 Å². The second kappa shape index (κ2) is 7.27. The Bertz CT molecular complexity index is 699. The van der Waals surface area contributed by atoms with E-state index in [0.717, 1.165) is 15.9 Å². The van der Waals surface area contributed by atoms with Crippen molar-refractivity contribution in [2.24, 2.45) is 0 Å². The second-order valence-corrected chi connectivity index (χ2v) is 10.7. The van der Waals surface area contributed by atoms with E-state index >= 15 is 0 Å². The third-order valence-corrected chi connectivity index (χ3v) is 5.63. The lowest BCUT2D eigenvalue weighted by Crippen LogP contribution is -2.48. The van der Waals surface area contributed by atoms with Crippen LogP contribution in [0.15, 0.2) is 9.30 Å². The van der Waals surface area contributed by atoms with E-state index in [1.165, 1.54) is 11.3 Å². The number of likely N-dealkylation sites (tertiary alicyclic amines) is 1. The Morgan fingerprint density at radius 2 is 2.21 bits per heavy atom. The number of thiazole rings is 1. The van der Waals surface area contributed by atoms with E-state index in [1.54, 1.807) is 25.7 Å². The number of hydrogen-bond acceptors (Lipinski definition) is 6. The maximum absolute atomic E-state index is 12.5. The fraction of sp³-hybridized carbons (Fsp3) is 0.714. The molecule has 1 N–H and O–H groups in total. The molecule has 0 spiro atoms. The summed E-state index contributed by atoms with van der Waals surface area (Å²) < 4.78 is 32.1. The van der Waals surface area contributed by atoms with Gasteiger partial charge in [-0.05, 0) is 43.1 Å². The molecule has 1 fully saturated rings. The Labute approximate surface area is 155 Å². The highest BCUT2D eigenvalue weighted by molar-refractivity contribution is 9.11. The zero-order valence-corrected chi connectivity index (χ0v) is 17.3. The van der Waals surface area contributed by atoms with Gasteiger partial charge in [-0.1, -0.05) is 0 Å². The molecule has 0 radical (unpaired) electrons. The molecule has 1 aliphatic heterocycles. The minimum Gasteiger partial charge on any atom is -0.444 e. The van der Waals surface area contributed by atoms with Crippen molar-refractivity contribution in [2.75, 3.05) is 12.8 Å². The zero-order valence-electron chi connectivity index (χ0n) is 14.1. The Morgan fingerprint density at radius 3 is 2.71 bits per heavy atom. The van der Waals surface area contributed by atoms with Gasteiger partial charge in [-0.15, -0.1) is 11.3 Å². The summed E-state index contributed by atoms with van der Waals surface area (Å²) in [5.41, 5.74) is 0.209. The molecule has 0 aliphatic carbocycles. The molecular weight excluding hydrogens is 418 g/mol. The summed E-state index contributed by atoms with van der Waals surface area (Å²) in [5.74, 6) is 0. The zero-order chi connectivity index (χ0) is 18.1. The van der Waals surface area contributed by atoms with E-state index in [4.69, 9.17) is 4.74 Å². The second-order valence-electron chi connectivity index (χ2n) is 6.82. The largest absolute Gasteiger partial charge is 0.444 e. The molecule has 2 atom stereocenters. The van der Waals surface area contributed by atoms with Gasteiger partial charge < -0.3 is 9.64 Å². The molecule has 7 nitrogen and oxygen atoms in total. The minimum atomic E-state index is -3.37. The number of amides is 1. The average molecular weight is 440 g/mol. The maximum atomic E-state index is 12.5. The highest BCUT2D eigenvalue weighted by Gasteiger charge is 2.40. The predicted octanol–water partition coefficient (Wildman–Crippen LogP) is 2.38. The molecule has 1 aliphatic rings. The van der Waals surface area contributed by atoms with E-state index in [0.29, 0.717) is 19.4 Å². The number of sulfonamides is 1. The Kier molecular flexibility index (Phi) is 5.94. The van der Waals surface area contributed by atoms with Crippen molar-refractivity contribution in [3.05, 3.63) is 15.0 Å². The molecule has 1 amide bonds. The number of ether oxygens (including phenoxy) is 1. The van der Waals surface area contributed by atoms with Gasteiger partial charge in [-0.25, -0.2) is 22.9 Å². The average Bonchev–Trinajstić information content (AvgIpc) is 2.94. The van der Waals surface area contributed by atoms with Crippen LogP contribution in [0, 0.1) is 0 Å². The molecule has 0 aromatic carbocycles. The van der Waals surface area contributed by atoms with Crippen LogP contribution in [0.3, 0.4) is 0 Å². The van der Waals surface area contributed by atoms with Gasteiger partial charge >= 0.3 is 6.09 Å². The quantitative estimate of drug-likeness (QED) is 0.777. The minimum absolute atomic E-state index is 0.330. The number of nitrogens with zero attached hydrogens (tertiary/aromatic N) is 2. The third kappa shape index (κ3) is 5.68. The van der Waals surface area contributed by atoms with E-state index in [1.807, 2.05) is 5.38 Å². The van der Waals surface area contributed by atoms with Crippen LogP contribution in [0.25, 0.3) is 0 Å². The Hall–Kier alpha value is -0.710. The number of aromatic nitrogens is 1. The van der Waals surface area contributed by atoms with Crippen LogP contribution in [0.1, 0.15) is 32.9 Å². The number of rotatable bonds is 4. The van der Waals surface area contributed by atoms with E-state index in [2.05, 4.69) is 25.6 Å². The van der Waals surface area contributed by atoms with Gasteiger partial charge in [-0.3, -0.25) is 0 Å². The van der Waals surface area contributed by atoms with Gasteiger partial charge in [0, 0.05) is 24.4 Å². The first-order valence-corrected chi connectivity index (χ1v) is 11.1. The molecule has 1 aromatic heterocycles. The molecule has 2 rings (SSSR count). The van der Waals surface area contributed by atoms with Gasteiger partial charge in [-0.2, -0.15) is 0 Å². The molecule has 136 valence electrons. The lowest BCUT2D eigenvalue weighted by molar-refractivity contribution is 0.0218. The summed E-state index contributed by atoms with van der Waals surface area (Å²) in [6.07, 6.45) is 1.70. The van der Waals surface area contributed by atoms with E-state index in [-0.39, 0.29) is 12.1 Å². The predicted molar refractivity (Wildman–Crippen MR) is 96.6 cm³/mol. The number of carbonyl (C=O) groups is 1. The van der Waals surface area contributed by atoms with Crippen LogP contribution >= 0.6 is 27.3 Å². The fourth-order valence-corrected chi connectivity index (χ4v) is 4.54. The summed E-state index contributed by atoms with van der Waals surface area (Å²) in [6, 6.07) is -0.684. The molecule has 1 saturated heterocycles. The van der Waals surface area contributed by atoms with Crippen molar-refractivity contribution in [3.63, 3.8) is 0 Å². The summed E-state index contributed by atoms with van der Waals surface area (Å²) >= 11 is 4.77. The molecular formula is C14H22BrN3O4S2. The van der Waals surface area contributed by atoms with Gasteiger partial charge in [0.15, 0.2) is 3.92 Å². The number of halogens is 1. The van der Waals surface area contributed by atoms with Gasteiger partial charge in [0.1, 0.15) is 5.60 Å². The number of nitrogens with one attached hydrogen (secondary N) is 1. The summed E-state index contributed by atoms with van der Waals surface area (Å²) in [4.78, 5) is 18.4. The molecule has 0 saturated carbocycles. The third-order valence-electron chi connectivity index (χ3n) is 3.48. The normalized spacial score (nSPS) is 22.0. The van der Waals surface area contributed by atoms with Crippen molar-refractivity contribution in [2.45, 2.75) is 51.3 Å². The Morgan fingerprint density at radius 1 is 1.54 bits per heavy atom. The van der Waals surface area contributed by atoms with Gasteiger partial charge in [0.05, 0.1) is 18.0 Å². The first kappa shape index (κ1) is 19.6. The first-order valence-electron chi connectivity index (χ1n) is 7.51. The molecule has 10 heteroatoms. The summed E-state index contributed by atoms with van der Waals surface area (Å²) in [6.45, 7) is 5.86. The number of hydrogen-bond donors (Lipinski definition) is 1. The lowest BCUT2D eigenvalue weighted by atomic mass is 10.1. The monoisotopic (exact) mass is 439 g/mol. The van der Waals surface area contributed by atoms with E-state index < -0.39 is 21.7 Å². The molecule has 1 aromatic rings. The van der Waals surface area contributed by atoms with E-state index in [9.17, 15) is 13.2 Å². The molecule has 0 bridgehead atoms. The smallest absolute Gasteiger partial charge is 0.410 e. The summed E-state index contributed by atoms with van der Waals surface area (Å²) in [5, 5.41) is 1.90. The van der Waals surface area contributed by atoms with Crippen LogP contribution in [-0.4, -0.2) is 54.9 Å².